The summed E-state index contributed by atoms with van der Waals surface area (Å²) in [4.78, 5) is 70.7. The zero-order valence-corrected chi connectivity index (χ0v) is 41.7. The Morgan fingerprint density at radius 2 is 1.63 bits per heavy atom. The second-order valence-corrected chi connectivity index (χ2v) is 20.5. The van der Waals surface area contributed by atoms with Crippen LogP contribution in [-0.2, 0) is 35.0 Å². The maximum Gasteiger partial charge on any atom is 0.343 e. The molecular weight excluding hydrogens is 919 g/mol. The Morgan fingerprint density at radius 3 is 2.30 bits per heavy atom. The van der Waals surface area contributed by atoms with Crippen LogP contribution in [0.3, 0.4) is 0 Å². The van der Waals surface area contributed by atoms with E-state index in [1.807, 2.05) is 60.6 Å². The standard InChI is InChI=1S/C54H63NO16/c1-26(2)12-11-19-52(9)20-18-33-44(69-52)32(15-13-27(3)4)46-39(40(58)34-22-31-24-38-51(7,8)71-53(47(31)62,54(34,38)70-46)21-17-28(5)48(63)65-10)45(33)68-49(64)30-14-16-36(35(23-30)55-29(6)57)66-50-43(61)42(60)41(59)37(25-56)67-50/h12-14,16-18,20,22-23,31,37-38,41-43,50,56,59-61H,11,15,19,21,24-25H2,1-10H3,(H,55,57)/b28-17-/t31?,37-,38?,41-,42+,43-,50-,52?,53?,54?/m1/s1. The van der Waals surface area contributed by atoms with Crippen molar-refractivity contribution in [2.75, 3.05) is 19.0 Å². The van der Waals surface area contributed by atoms with Crippen molar-refractivity contribution in [1.29, 1.82) is 0 Å². The monoisotopic (exact) mass is 981 g/mol. The summed E-state index contributed by atoms with van der Waals surface area (Å²) in [5, 5.41) is 43.8. The molecule has 5 N–H and O–H groups in total. The molecule has 2 aromatic rings. The average molecular weight is 982 g/mol. The molecule has 17 heteroatoms. The number of benzene rings is 2. The van der Waals surface area contributed by atoms with Gasteiger partial charge in [0.15, 0.2) is 28.5 Å². The number of aliphatic hydroxyl groups excluding tert-OH is 4. The SMILES string of the molecule is COC(=O)/C(C)=C\CC12OC(C)(C)C3CC(C=C4C(=O)c5c(OC(=O)c6ccc(O[C@@H]7O[C@H](CO)[C@@H](O)[C@H](O)[C@H]7O)c(NC(C)=O)c6)c6c(c(CC=C(C)C)c5OC431)OC(C)(CCC=C(C)C)C=C6)C2=O. The fraction of sp³-hybridized carbons (Fsp3) is 0.500. The van der Waals surface area contributed by atoms with Crippen molar-refractivity contribution < 1.29 is 77.6 Å². The van der Waals surface area contributed by atoms with Crippen molar-refractivity contribution in [3.8, 4) is 23.0 Å². The molecule has 71 heavy (non-hydrogen) atoms. The number of hydrogen-bond acceptors (Lipinski definition) is 16. The Kier molecular flexibility index (Phi) is 13.7. The smallest absolute Gasteiger partial charge is 0.343 e. The summed E-state index contributed by atoms with van der Waals surface area (Å²) in [6.07, 6.45) is 4.49. The average Bonchev–Trinajstić information content (AvgIpc) is 3.46. The molecule has 0 aromatic heterocycles. The van der Waals surface area contributed by atoms with Gasteiger partial charge in [-0.1, -0.05) is 35.5 Å². The minimum absolute atomic E-state index is 0.0489. The van der Waals surface area contributed by atoms with Crippen molar-refractivity contribution in [3.63, 3.8) is 0 Å². The molecule has 0 radical (unpaired) electrons. The second kappa shape index (κ2) is 18.9. The number of esters is 2. The number of carbonyl (C=O) groups is 5. The number of amides is 1. The van der Waals surface area contributed by atoms with Gasteiger partial charge in [-0.05, 0) is 111 Å². The summed E-state index contributed by atoms with van der Waals surface area (Å²) in [6.45, 7) is 15.6. The Labute approximate surface area is 412 Å². The number of allylic oxidation sites excluding steroid dienone is 5. The van der Waals surface area contributed by atoms with E-state index in [-0.39, 0.29) is 69.4 Å². The third kappa shape index (κ3) is 8.73. The Morgan fingerprint density at radius 1 is 0.915 bits per heavy atom. The number of methoxy groups -OCH3 is 1. The summed E-state index contributed by atoms with van der Waals surface area (Å²) in [6, 6.07) is 3.86. The van der Waals surface area contributed by atoms with E-state index < -0.39 is 95.2 Å². The van der Waals surface area contributed by atoms with Crippen LogP contribution in [0.4, 0.5) is 5.69 Å². The number of nitrogens with one attached hydrogen (secondary N) is 1. The molecule has 3 aliphatic carbocycles. The molecule has 4 heterocycles. The van der Waals surface area contributed by atoms with Gasteiger partial charge in [-0.25, -0.2) is 9.59 Å². The van der Waals surface area contributed by atoms with E-state index in [1.165, 1.54) is 32.2 Å². The molecule has 4 aliphatic heterocycles. The van der Waals surface area contributed by atoms with Crippen LogP contribution in [0.2, 0.25) is 0 Å². The Hall–Kier alpha value is -5.95. The zero-order chi connectivity index (χ0) is 51.7. The van der Waals surface area contributed by atoms with Crippen molar-refractivity contribution in [2.45, 2.75) is 148 Å². The molecule has 17 nitrogen and oxygen atoms in total. The lowest BCUT2D eigenvalue weighted by molar-refractivity contribution is -0.277. The van der Waals surface area contributed by atoms with Crippen LogP contribution in [0, 0.1) is 11.8 Å². The van der Waals surface area contributed by atoms with Crippen molar-refractivity contribution in [3.05, 3.63) is 93.1 Å². The van der Waals surface area contributed by atoms with Gasteiger partial charge in [0.25, 0.3) is 0 Å². The molecule has 1 amide bonds. The highest BCUT2D eigenvalue weighted by atomic mass is 16.7. The lowest BCUT2D eigenvalue weighted by Gasteiger charge is -2.56. The summed E-state index contributed by atoms with van der Waals surface area (Å²) >= 11 is 0. The van der Waals surface area contributed by atoms with Crippen LogP contribution in [0.25, 0.3) is 6.08 Å². The van der Waals surface area contributed by atoms with E-state index >= 15 is 4.79 Å². The van der Waals surface area contributed by atoms with Gasteiger partial charge < -0.3 is 58.9 Å². The maximum absolute atomic E-state index is 15.9. The van der Waals surface area contributed by atoms with E-state index in [1.54, 1.807) is 25.2 Å². The predicted molar refractivity (Wildman–Crippen MR) is 257 cm³/mol. The second-order valence-electron chi connectivity index (χ2n) is 20.5. The first-order chi connectivity index (χ1) is 33.4. The molecular formula is C54H63NO16. The Balaban J connectivity index is 1.30. The van der Waals surface area contributed by atoms with Gasteiger partial charge in [0.05, 0.1) is 36.1 Å². The molecule has 9 rings (SSSR count). The number of hydrogen-bond donors (Lipinski definition) is 5. The third-order valence-electron chi connectivity index (χ3n) is 14.4. The van der Waals surface area contributed by atoms with Gasteiger partial charge in [-0.2, -0.15) is 0 Å². The lowest BCUT2D eigenvalue weighted by atomic mass is 9.51. The number of Topliss-reactive ketones (excluding diaryl/α,β-unsaturated/α-hetero) is 2. The number of anilines is 1. The third-order valence-corrected chi connectivity index (χ3v) is 14.4. The van der Waals surface area contributed by atoms with Gasteiger partial charge in [-0.3, -0.25) is 14.4 Å². The summed E-state index contributed by atoms with van der Waals surface area (Å²) in [5.74, 6) is -4.21. The Bertz CT molecular complexity index is 2740. The van der Waals surface area contributed by atoms with E-state index in [9.17, 15) is 39.6 Å². The molecule has 7 aliphatic rings. The van der Waals surface area contributed by atoms with Crippen molar-refractivity contribution >= 4 is 41.2 Å². The molecule has 1 saturated carbocycles. The van der Waals surface area contributed by atoms with Crippen LogP contribution in [0.1, 0.15) is 120 Å². The highest BCUT2D eigenvalue weighted by molar-refractivity contribution is 6.19. The number of carbonyl (C=O) groups excluding carboxylic acids is 5. The molecule has 10 atom stereocenters. The van der Waals surface area contributed by atoms with E-state index in [0.717, 1.165) is 11.1 Å². The fourth-order valence-electron chi connectivity index (χ4n) is 10.9. The topological polar surface area (TPSA) is 243 Å². The van der Waals surface area contributed by atoms with Crippen LogP contribution < -0.4 is 24.3 Å². The lowest BCUT2D eigenvalue weighted by Crippen LogP contribution is -2.72. The van der Waals surface area contributed by atoms with E-state index in [0.29, 0.717) is 30.6 Å². The first-order valence-electron chi connectivity index (χ1n) is 23.9. The van der Waals surface area contributed by atoms with E-state index in [2.05, 4.69) is 11.4 Å². The molecule has 1 spiro atoms. The highest BCUT2D eigenvalue weighted by Gasteiger charge is 2.81. The molecule has 380 valence electrons. The van der Waals surface area contributed by atoms with Gasteiger partial charge in [-0.15, -0.1) is 0 Å². The molecule has 3 fully saturated rings. The largest absolute Gasteiger partial charge is 0.482 e. The minimum Gasteiger partial charge on any atom is -0.482 e. The highest BCUT2D eigenvalue weighted by Crippen LogP contribution is 2.69. The number of aliphatic hydroxyl groups is 4. The van der Waals surface area contributed by atoms with E-state index in [4.69, 9.17) is 33.2 Å². The minimum atomic E-state index is -1.78. The summed E-state index contributed by atoms with van der Waals surface area (Å²) < 4.78 is 44.2. The van der Waals surface area contributed by atoms with Gasteiger partial charge in [0.1, 0.15) is 52.8 Å². The van der Waals surface area contributed by atoms with Crippen molar-refractivity contribution in [1.82, 2.24) is 0 Å². The van der Waals surface area contributed by atoms with Crippen LogP contribution in [0.5, 0.6) is 23.0 Å². The summed E-state index contributed by atoms with van der Waals surface area (Å²) in [5.41, 5.74) is -2.38. The zero-order valence-electron chi connectivity index (χ0n) is 41.7. The number of fused-ring (bicyclic) bond motifs is 2. The van der Waals surface area contributed by atoms with Crippen LogP contribution in [0.15, 0.2) is 70.9 Å². The number of rotatable bonds is 14. The van der Waals surface area contributed by atoms with Crippen LogP contribution >= 0.6 is 0 Å². The molecule has 2 saturated heterocycles. The van der Waals surface area contributed by atoms with Gasteiger partial charge in [0.2, 0.25) is 12.2 Å². The molecule has 5 unspecified atom stereocenters. The molecule has 4 bridgehead atoms. The number of ether oxygens (including phenoxy) is 7. The maximum atomic E-state index is 15.9. The van der Waals surface area contributed by atoms with Crippen molar-refractivity contribution in [2.24, 2.45) is 11.8 Å². The normalized spacial score (nSPS) is 30.6. The molecule has 2 aromatic carbocycles. The summed E-state index contributed by atoms with van der Waals surface area (Å²) in [7, 11) is 1.26. The van der Waals surface area contributed by atoms with Crippen LogP contribution in [-0.4, -0.2) is 117 Å². The first-order valence-corrected chi connectivity index (χ1v) is 23.9. The predicted octanol–water partition coefficient (Wildman–Crippen LogP) is 5.98. The van der Waals surface area contributed by atoms with Gasteiger partial charge >= 0.3 is 11.9 Å². The first kappa shape index (κ1) is 51.4. The van der Waals surface area contributed by atoms with Gasteiger partial charge in [0, 0.05) is 41.9 Å². The fourth-order valence-corrected chi connectivity index (χ4v) is 10.9. The quantitative estimate of drug-likeness (QED) is 0.0633. The number of ketones is 2.